The van der Waals surface area contributed by atoms with E-state index in [-0.39, 0.29) is 22.0 Å². The van der Waals surface area contributed by atoms with Gasteiger partial charge in [-0.25, -0.2) is 9.59 Å². The molecule has 0 aromatic heterocycles. The molecular weight excluding hydrogens is 286 g/mol. The van der Waals surface area contributed by atoms with Crippen LogP contribution < -0.4 is 10.1 Å². The molecule has 110 valence electrons. The van der Waals surface area contributed by atoms with Crippen LogP contribution in [0.5, 0.6) is 5.75 Å². The normalized spacial score (nSPS) is 10.8. The Morgan fingerprint density at radius 1 is 1.30 bits per heavy atom. The number of rotatable bonds is 3. The second kappa shape index (κ2) is 6.00. The molecule has 0 fully saturated rings. The van der Waals surface area contributed by atoms with E-state index in [1.54, 1.807) is 20.8 Å². The zero-order valence-electron chi connectivity index (χ0n) is 11.6. The Bertz CT molecular complexity index is 536. The number of methoxy groups -OCH3 is 1. The van der Waals surface area contributed by atoms with Crippen molar-refractivity contribution in [2.45, 2.75) is 26.4 Å². The number of carboxylic acids is 1. The van der Waals surface area contributed by atoms with Gasteiger partial charge in [0.15, 0.2) is 0 Å². The molecule has 0 heterocycles. The standard InChI is InChI=1S/C13H16ClNO5/c1-13(2,3)20-12(18)15-10-8(11(16)17)5-7(14)6-9(10)19-4/h5-6H,1-4H3,(H,15,18)(H,16,17). The Morgan fingerprint density at radius 2 is 1.90 bits per heavy atom. The van der Waals surface area contributed by atoms with Gasteiger partial charge in [-0.3, -0.25) is 5.32 Å². The predicted octanol–water partition coefficient (Wildman–Crippen LogP) is 3.39. The molecule has 1 amide bonds. The third-order valence-electron chi connectivity index (χ3n) is 2.14. The summed E-state index contributed by atoms with van der Waals surface area (Å²) < 4.78 is 10.1. The summed E-state index contributed by atoms with van der Waals surface area (Å²) in [6, 6.07) is 2.62. The largest absolute Gasteiger partial charge is 0.494 e. The number of carboxylic acid groups (broad SMARTS) is 1. The van der Waals surface area contributed by atoms with Gasteiger partial charge in [-0.1, -0.05) is 11.6 Å². The summed E-state index contributed by atoms with van der Waals surface area (Å²) in [5, 5.41) is 11.7. The predicted molar refractivity (Wildman–Crippen MR) is 74.8 cm³/mol. The lowest BCUT2D eigenvalue weighted by Gasteiger charge is -2.21. The van der Waals surface area contributed by atoms with E-state index in [0.29, 0.717) is 0 Å². The van der Waals surface area contributed by atoms with Crippen LogP contribution in [0.15, 0.2) is 12.1 Å². The molecule has 20 heavy (non-hydrogen) atoms. The molecule has 1 aromatic carbocycles. The Balaban J connectivity index is 3.16. The average molecular weight is 302 g/mol. The van der Waals surface area contributed by atoms with E-state index >= 15 is 0 Å². The minimum atomic E-state index is -1.24. The van der Waals surface area contributed by atoms with Crippen LogP contribution in [0.25, 0.3) is 0 Å². The van der Waals surface area contributed by atoms with E-state index in [0.717, 1.165) is 0 Å². The maximum Gasteiger partial charge on any atom is 0.412 e. The van der Waals surface area contributed by atoms with E-state index in [1.807, 2.05) is 0 Å². The molecule has 1 aromatic rings. The van der Waals surface area contributed by atoms with Gasteiger partial charge < -0.3 is 14.6 Å². The van der Waals surface area contributed by atoms with Crippen LogP contribution in [0.1, 0.15) is 31.1 Å². The Morgan fingerprint density at radius 3 is 2.35 bits per heavy atom. The van der Waals surface area contributed by atoms with Gasteiger partial charge in [-0.05, 0) is 26.8 Å². The number of amides is 1. The first-order valence-electron chi connectivity index (χ1n) is 5.75. The van der Waals surface area contributed by atoms with Crippen molar-refractivity contribution in [3.63, 3.8) is 0 Å². The van der Waals surface area contributed by atoms with Gasteiger partial charge in [0.2, 0.25) is 0 Å². The summed E-state index contributed by atoms with van der Waals surface area (Å²) in [6.07, 6.45) is -0.777. The third kappa shape index (κ3) is 4.31. The molecule has 2 N–H and O–H groups in total. The second-order valence-corrected chi connectivity index (χ2v) is 5.40. The summed E-state index contributed by atoms with van der Waals surface area (Å²) in [6.45, 7) is 5.09. The fourth-order valence-corrected chi connectivity index (χ4v) is 1.65. The van der Waals surface area contributed by atoms with Crippen LogP contribution >= 0.6 is 11.6 Å². The van der Waals surface area contributed by atoms with E-state index in [1.165, 1.54) is 19.2 Å². The number of anilines is 1. The number of hydrogen-bond acceptors (Lipinski definition) is 4. The Kier molecular flexibility index (Phi) is 4.83. The van der Waals surface area contributed by atoms with Crippen molar-refractivity contribution in [3.05, 3.63) is 22.7 Å². The number of ether oxygens (including phenoxy) is 2. The molecule has 0 saturated heterocycles. The highest BCUT2D eigenvalue weighted by atomic mass is 35.5. The lowest BCUT2D eigenvalue weighted by Crippen LogP contribution is -2.28. The smallest absolute Gasteiger partial charge is 0.412 e. The zero-order valence-corrected chi connectivity index (χ0v) is 12.4. The number of carbonyl (C=O) groups excluding carboxylic acids is 1. The minimum Gasteiger partial charge on any atom is -0.494 e. The molecule has 0 spiro atoms. The van der Waals surface area contributed by atoms with Crippen LogP contribution in [0.3, 0.4) is 0 Å². The van der Waals surface area contributed by atoms with Crippen molar-refractivity contribution in [2.24, 2.45) is 0 Å². The SMILES string of the molecule is COc1cc(Cl)cc(C(=O)O)c1NC(=O)OC(C)(C)C. The first-order chi connectivity index (χ1) is 9.14. The fraction of sp³-hybridized carbons (Fsp3) is 0.385. The fourth-order valence-electron chi connectivity index (χ4n) is 1.45. The number of hydrogen-bond donors (Lipinski definition) is 2. The van der Waals surface area contributed by atoms with Crippen molar-refractivity contribution in [1.82, 2.24) is 0 Å². The van der Waals surface area contributed by atoms with Crippen LogP contribution in [0.2, 0.25) is 5.02 Å². The lowest BCUT2D eigenvalue weighted by atomic mass is 10.1. The van der Waals surface area contributed by atoms with Crippen LogP contribution in [-0.4, -0.2) is 29.9 Å². The highest BCUT2D eigenvalue weighted by Crippen LogP contribution is 2.32. The molecule has 7 heteroatoms. The minimum absolute atomic E-state index is 0.00125. The Hall–Kier alpha value is -1.95. The lowest BCUT2D eigenvalue weighted by molar-refractivity contribution is 0.0635. The molecule has 0 aliphatic carbocycles. The van der Waals surface area contributed by atoms with E-state index in [4.69, 9.17) is 26.2 Å². The highest BCUT2D eigenvalue weighted by Gasteiger charge is 2.22. The second-order valence-electron chi connectivity index (χ2n) is 4.96. The van der Waals surface area contributed by atoms with Crippen LogP contribution in [-0.2, 0) is 4.74 Å². The van der Waals surface area contributed by atoms with Gasteiger partial charge in [0.05, 0.1) is 12.7 Å². The number of benzene rings is 1. The highest BCUT2D eigenvalue weighted by molar-refractivity contribution is 6.31. The van der Waals surface area contributed by atoms with Gasteiger partial charge in [0, 0.05) is 11.1 Å². The zero-order chi connectivity index (χ0) is 15.5. The summed E-state index contributed by atoms with van der Waals surface area (Å²) in [7, 11) is 1.34. The van der Waals surface area contributed by atoms with Crippen molar-refractivity contribution >= 4 is 29.4 Å². The molecule has 0 aliphatic heterocycles. The molecule has 0 unspecified atom stereocenters. The molecule has 6 nitrogen and oxygen atoms in total. The van der Waals surface area contributed by atoms with Gasteiger partial charge in [0.1, 0.15) is 17.0 Å². The van der Waals surface area contributed by atoms with Gasteiger partial charge in [0.25, 0.3) is 0 Å². The summed E-state index contributed by atoms with van der Waals surface area (Å²) in [5.74, 6) is -1.10. The molecule has 0 aliphatic rings. The maximum absolute atomic E-state index is 11.7. The molecular formula is C13H16ClNO5. The summed E-state index contributed by atoms with van der Waals surface area (Å²) in [4.78, 5) is 22.9. The average Bonchev–Trinajstić information content (AvgIpc) is 2.27. The topological polar surface area (TPSA) is 84.9 Å². The number of nitrogens with one attached hydrogen (secondary N) is 1. The first-order valence-corrected chi connectivity index (χ1v) is 6.12. The first kappa shape index (κ1) is 16.1. The summed E-state index contributed by atoms with van der Waals surface area (Å²) >= 11 is 5.80. The van der Waals surface area contributed by atoms with Crippen molar-refractivity contribution in [2.75, 3.05) is 12.4 Å². The number of halogens is 1. The Labute approximate surface area is 121 Å². The van der Waals surface area contributed by atoms with Crippen molar-refractivity contribution in [1.29, 1.82) is 0 Å². The molecule has 0 saturated carbocycles. The van der Waals surface area contributed by atoms with Crippen molar-refractivity contribution in [3.8, 4) is 5.75 Å². The molecule has 0 bridgehead atoms. The van der Waals surface area contributed by atoms with Crippen molar-refractivity contribution < 1.29 is 24.2 Å². The van der Waals surface area contributed by atoms with E-state index in [9.17, 15) is 9.59 Å². The van der Waals surface area contributed by atoms with Crippen LogP contribution in [0, 0.1) is 0 Å². The molecule has 1 rings (SSSR count). The van der Waals surface area contributed by atoms with Gasteiger partial charge in [-0.2, -0.15) is 0 Å². The molecule has 0 radical (unpaired) electrons. The van der Waals surface area contributed by atoms with Gasteiger partial charge in [-0.15, -0.1) is 0 Å². The number of aromatic carboxylic acids is 1. The van der Waals surface area contributed by atoms with Crippen LogP contribution in [0.4, 0.5) is 10.5 Å². The number of carbonyl (C=O) groups is 2. The van der Waals surface area contributed by atoms with Gasteiger partial charge >= 0.3 is 12.1 Å². The monoisotopic (exact) mass is 301 g/mol. The van der Waals surface area contributed by atoms with E-state index < -0.39 is 17.7 Å². The third-order valence-corrected chi connectivity index (χ3v) is 2.36. The summed E-state index contributed by atoms with van der Waals surface area (Å²) in [5.41, 5.74) is -0.883. The maximum atomic E-state index is 11.7. The van der Waals surface area contributed by atoms with E-state index in [2.05, 4.69) is 5.32 Å². The molecule has 0 atom stereocenters. The quantitative estimate of drug-likeness (QED) is 0.894.